The molecule has 0 radical (unpaired) electrons. The summed E-state index contributed by atoms with van der Waals surface area (Å²) in [5.41, 5.74) is -1.21. The first kappa shape index (κ1) is 25.5. The molecule has 10 nitrogen and oxygen atoms in total. The quantitative estimate of drug-likeness (QED) is 0.404. The number of nitrogens with zero attached hydrogens (tertiary/aromatic N) is 1. The van der Waals surface area contributed by atoms with Crippen molar-refractivity contribution >= 4 is 35.3 Å². The Hall–Kier alpha value is -1.15. The predicted molar refractivity (Wildman–Crippen MR) is 127 cm³/mol. The van der Waals surface area contributed by atoms with Gasteiger partial charge in [0.25, 0.3) is 0 Å². The van der Waals surface area contributed by atoms with E-state index < -0.39 is 50.3 Å². The summed E-state index contributed by atoms with van der Waals surface area (Å²) in [6, 6.07) is 9.68. The summed E-state index contributed by atoms with van der Waals surface area (Å²) in [6.45, 7) is 1.38. The van der Waals surface area contributed by atoms with Crippen molar-refractivity contribution in [2.75, 3.05) is 18.1 Å². The number of aliphatic hydroxyl groups excluding tert-OH is 1. The van der Waals surface area contributed by atoms with Gasteiger partial charge in [0, 0.05) is 23.8 Å². The standard InChI is InChI=1S/C21H26FN2O8PS2/c1-21(22)18-14(30-19(21)24-8-7-17(25)23-20(24)26)10-29-33(27,32-18)31-16-12-35-34-11-15(16)28-9-13-5-3-2-4-6-13/h2-8,14-16,18-20,26H,9-12H2,1H3,(H,23,25)/t14?,15?,16-,18+,19+,20?,21+,33?/m0/s1. The fourth-order valence-electron chi connectivity index (χ4n) is 4.26. The van der Waals surface area contributed by atoms with Crippen molar-refractivity contribution in [1.29, 1.82) is 0 Å². The van der Waals surface area contributed by atoms with Gasteiger partial charge in [-0.2, -0.15) is 0 Å². The zero-order chi connectivity index (χ0) is 24.6. The highest BCUT2D eigenvalue weighted by Crippen LogP contribution is 2.60. The van der Waals surface area contributed by atoms with Crippen LogP contribution in [0.25, 0.3) is 0 Å². The van der Waals surface area contributed by atoms with Crippen LogP contribution in [0, 0.1) is 0 Å². The number of phosphoric acid groups is 1. The van der Waals surface area contributed by atoms with E-state index in [0.717, 1.165) is 16.5 Å². The fourth-order valence-corrected chi connectivity index (χ4v) is 8.46. The Morgan fingerprint density at radius 1 is 1.29 bits per heavy atom. The molecule has 1 amide bonds. The maximum atomic E-state index is 16.0. The second-order valence-electron chi connectivity index (χ2n) is 8.64. The molecular weight excluding hydrogens is 522 g/mol. The van der Waals surface area contributed by atoms with Gasteiger partial charge in [-0.1, -0.05) is 51.9 Å². The van der Waals surface area contributed by atoms with E-state index in [0.29, 0.717) is 18.1 Å². The number of carbonyl (C=O) groups is 1. The zero-order valence-corrected chi connectivity index (χ0v) is 21.3. The van der Waals surface area contributed by atoms with E-state index in [-0.39, 0.29) is 12.7 Å². The molecule has 2 N–H and O–H groups in total. The van der Waals surface area contributed by atoms with Gasteiger partial charge in [-0.15, -0.1) is 0 Å². The lowest BCUT2D eigenvalue weighted by atomic mass is 9.98. The van der Waals surface area contributed by atoms with Crippen molar-refractivity contribution in [3.63, 3.8) is 0 Å². The lowest BCUT2D eigenvalue weighted by molar-refractivity contribution is -0.157. The summed E-state index contributed by atoms with van der Waals surface area (Å²) >= 11 is 0. The molecule has 0 saturated carbocycles. The van der Waals surface area contributed by atoms with Crippen LogP contribution in [0.1, 0.15) is 12.5 Å². The summed E-state index contributed by atoms with van der Waals surface area (Å²) in [5.74, 6) is 0.589. The molecule has 0 bridgehead atoms. The van der Waals surface area contributed by atoms with Crippen LogP contribution in [0.2, 0.25) is 0 Å². The van der Waals surface area contributed by atoms with Gasteiger partial charge in [-0.25, -0.2) is 8.96 Å². The molecule has 5 rings (SSSR count). The normalized spacial score (nSPS) is 41.5. The molecule has 35 heavy (non-hydrogen) atoms. The van der Waals surface area contributed by atoms with Crippen LogP contribution in [0.4, 0.5) is 4.39 Å². The fraction of sp³-hybridized carbons (Fsp3) is 0.571. The van der Waals surface area contributed by atoms with Crippen LogP contribution in [-0.4, -0.2) is 76.7 Å². The number of hydrogen-bond acceptors (Lipinski definition) is 11. The Bertz CT molecular complexity index is 1000. The van der Waals surface area contributed by atoms with Crippen molar-refractivity contribution in [3.8, 4) is 0 Å². The number of amides is 1. The number of fused-ring (bicyclic) bond motifs is 1. The first-order valence-electron chi connectivity index (χ1n) is 11.0. The van der Waals surface area contributed by atoms with Crippen molar-refractivity contribution < 1.29 is 41.9 Å². The number of nitrogens with one attached hydrogen (secondary N) is 1. The molecule has 4 aliphatic rings. The number of phosphoric ester groups is 1. The second-order valence-corrected chi connectivity index (χ2v) is 12.8. The summed E-state index contributed by atoms with van der Waals surface area (Å²) in [7, 11) is -0.960. The molecule has 3 fully saturated rings. The zero-order valence-electron chi connectivity index (χ0n) is 18.7. The number of benzene rings is 1. The third-order valence-corrected chi connectivity index (χ3v) is 9.97. The lowest BCUT2D eigenvalue weighted by Gasteiger charge is -2.39. The third-order valence-electron chi connectivity index (χ3n) is 6.08. The molecule has 8 atom stereocenters. The molecule has 0 aliphatic carbocycles. The molecule has 14 heteroatoms. The van der Waals surface area contributed by atoms with E-state index in [9.17, 15) is 14.5 Å². The maximum absolute atomic E-state index is 16.0. The summed E-state index contributed by atoms with van der Waals surface area (Å²) in [5, 5.41) is 12.4. The molecule has 192 valence electrons. The number of hydrogen-bond donors (Lipinski definition) is 2. The first-order valence-corrected chi connectivity index (χ1v) is 15.0. The molecule has 1 aromatic carbocycles. The van der Waals surface area contributed by atoms with E-state index in [1.165, 1.54) is 13.1 Å². The van der Waals surface area contributed by atoms with Crippen LogP contribution in [-0.2, 0) is 39.0 Å². The van der Waals surface area contributed by atoms with Crippen molar-refractivity contribution in [2.45, 2.75) is 56.2 Å². The third kappa shape index (κ3) is 5.43. The van der Waals surface area contributed by atoms with Gasteiger partial charge in [0.2, 0.25) is 12.3 Å². The van der Waals surface area contributed by atoms with Crippen molar-refractivity contribution in [1.82, 2.24) is 10.2 Å². The van der Waals surface area contributed by atoms with E-state index in [4.69, 9.17) is 23.0 Å². The number of rotatable bonds is 6. The Morgan fingerprint density at radius 2 is 2.03 bits per heavy atom. The Morgan fingerprint density at radius 3 is 2.77 bits per heavy atom. The predicted octanol–water partition coefficient (Wildman–Crippen LogP) is 2.55. The van der Waals surface area contributed by atoms with Crippen LogP contribution >= 0.6 is 29.4 Å². The van der Waals surface area contributed by atoms with E-state index in [1.807, 2.05) is 30.3 Å². The van der Waals surface area contributed by atoms with Gasteiger partial charge in [-0.05, 0) is 12.5 Å². The average molecular weight is 549 g/mol. The minimum atomic E-state index is -4.15. The number of aliphatic hydroxyl groups is 1. The van der Waals surface area contributed by atoms with Gasteiger partial charge in [0.05, 0.1) is 19.3 Å². The highest BCUT2D eigenvalue weighted by atomic mass is 33.1. The highest BCUT2D eigenvalue weighted by molar-refractivity contribution is 8.76. The lowest BCUT2D eigenvalue weighted by Crippen LogP contribution is -2.58. The number of alkyl halides is 1. The SMILES string of the molecule is C[C@@]1(F)[C@@H]2OP(=O)(O[C@H]3CSSCC3OCc3ccccc3)OCC2O[C@H]1N1C=CC(=O)NC1O. The van der Waals surface area contributed by atoms with Crippen LogP contribution in [0.3, 0.4) is 0 Å². The second kappa shape index (κ2) is 10.3. The molecule has 0 spiro atoms. The Labute approximate surface area is 209 Å². The van der Waals surface area contributed by atoms with Crippen LogP contribution < -0.4 is 5.32 Å². The largest absolute Gasteiger partial charge is 0.475 e. The van der Waals surface area contributed by atoms with E-state index in [1.54, 1.807) is 21.6 Å². The number of ether oxygens (including phenoxy) is 2. The monoisotopic (exact) mass is 548 g/mol. The molecule has 3 saturated heterocycles. The molecular formula is C21H26FN2O8PS2. The molecule has 4 aliphatic heterocycles. The smallest absolute Gasteiger partial charge is 0.370 e. The van der Waals surface area contributed by atoms with Crippen molar-refractivity contribution in [3.05, 3.63) is 48.2 Å². The van der Waals surface area contributed by atoms with Crippen LogP contribution in [0.15, 0.2) is 42.6 Å². The molecule has 1 aromatic rings. The van der Waals surface area contributed by atoms with Gasteiger partial charge < -0.3 is 24.8 Å². The Balaban J connectivity index is 1.26. The maximum Gasteiger partial charge on any atom is 0.475 e. The van der Waals surface area contributed by atoms with Gasteiger partial charge in [-0.3, -0.25) is 18.4 Å². The first-order chi connectivity index (χ1) is 16.7. The number of carbonyl (C=O) groups excluding carboxylic acids is 1. The Kier molecular flexibility index (Phi) is 7.51. The summed E-state index contributed by atoms with van der Waals surface area (Å²) in [6.07, 6.45) is -3.53. The topological polar surface area (TPSA) is 116 Å². The van der Waals surface area contributed by atoms with E-state index in [2.05, 4.69) is 5.32 Å². The minimum absolute atomic E-state index is 0.220. The molecule has 4 unspecified atom stereocenters. The molecule has 4 heterocycles. The average Bonchev–Trinajstić information content (AvgIpc) is 3.08. The van der Waals surface area contributed by atoms with Gasteiger partial charge in [0.15, 0.2) is 11.9 Å². The van der Waals surface area contributed by atoms with Crippen molar-refractivity contribution in [2.24, 2.45) is 0 Å². The number of halogens is 1. The van der Waals surface area contributed by atoms with Gasteiger partial charge in [0.1, 0.15) is 18.3 Å². The highest BCUT2D eigenvalue weighted by Gasteiger charge is 2.63. The van der Waals surface area contributed by atoms with E-state index >= 15 is 4.39 Å². The summed E-state index contributed by atoms with van der Waals surface area (Å²) < 4.78 is 58.1. The van der Waals surface area contributed by atoms with Crippen LogP contribution in [0.5, 0.6) is 0 Å². The minimum Gasteiger partial charge on any atom is -0.370 e. The van der Waals surface area contributed by atoms with Gasteiger partial charge >= 0.3 is 7.82 Å². The molecule has 0 aromatic heterocycles. The summed E-state index contributed by atoms with van der Waals surface area (Å²) in [4.78, 5) is 12.6.